The molecule has 5 nitrogen and oxygen atoms in total. The number of aliphatic imine (C=N–C) groups is 2. The van der Waals surface area contributed by atoms with Gasteiger partial charge in [0, 0.05) is 6.07 Å². The van der Waals surface area contributed by atoms with Crippen LogP contribution in [0.2, 0.25) is 0 Å². The Morgan fingerprint density at radius 2 is 1.44 bits per heavy atom. The van der Waals surface area contributed by atoms with Gasteiger partial charge in [0.1, 0.15) is 11.5 Å². The number of aryl methyl sites for hydroxylation is 2. The molecule has 0 aromatic heterocycles. The summed E-state index contributed by atoms with van der Waals surface area (Å²) < 4.78 is 5.58. The van der Waals surface area contributed by atoms with E-state index in [1.54, 1.807) is 24.3 Å². The molecule has 3 aromatic rings. The molecule has 0 spiro atoms. The van der Waals surface area contributed by atoms with Gasteiger partial charge >= 0.3 is 0 Å². The molecule has 0 radical (unpaired) electrons. The molecule has 0 heterocycles. The SMILES string of the molecule is Cc1ccc(N=C=O)c(C)c1.O=C=Nc1cccc(Oc2ccccc2)c1. The Balaban J connectivity index is 0.000000208. The van der Waals surface area contributed by atoms with Crippen molar-refractivity contribution in [3.05, 3.63) is 83.9 Å². The molecule has 134 valence electrons. The lowest BCUT2D eigenvalue weighted by Crippen LogP contribution is -1.82. The zero-order chi connectivity index (χ0) is 19.5. The van der Waals surface area contributed by atoms with Crippen LogP contribution < -0.4 is 4.74 Å². The second-order valence-corrected chi connectivity index (χ2v) is 5.61. The number of ether oxygens (including phenoxy) is 1. The van der Waals surface area contributed by atoms with Crippen LogP contribution in [0.4, 0.5) is 11.4 Å². The zero-order valence-corrected chi connectivity index (χ0v) is 15.0. The van der Waals surface area contributed by atoms with E-state index < -0.39 is 0 Å². The van der Waals surface area contributed by atoms with Crippen molar-refractivity contribution >= 4 is 23.5 Å². The minimum Gasteiger partial charge on any atom is -0.457 e. The minimum atomic E-state index is 0.531. The van der Waals surface area contributed by atoms with Gasteiger partial charge in [-0.25, -0.2) is 9.59 Å². The van der Waals surface area contributed by atoms with Crippen LogP contribution in [0.3, 0.4) is 0 Å². The van der Waals surface area contributed by atoms with Crippen LogP contribution in [0.25, 0.3) is 0 Å². The van der Waals surface area contributed by atoms with E-state index in [4.69, 9.17) is 4.74 Å². The molecule has 0 saturated carbocycles. The number of hydrogen-bond donors (Lipinski definition) is 0. The molecule has 0 atom stereocenters. The van der Waals surface area contributed by atoms with Crippen LogP contribution in [0.5, 0.6) is 11.5 Å². The largest absolute Gasteiger partial charge is 0.457 e. The maximum absolute atomic E-state index is 10.1. The molecule has 5 heteroatoms. The van der Waals surface area contributed by atoms with Crippen LogP contribution in [-0.4, -0.2) is 12.2 Å². The van der Waals surface area contributed by atoms with Crippen LogP contribution in [0, 0.1) is 13.8 Å². The normalized spacial score (nSPS) is 9.11. The Morgan fingerprint density at radius 3 is 2.11 bits per heavy atom. The van der Waals surface area contributed by atoms with Crippen molar-refractivity contribution in [1.82, 2.24) is 0 Å². The summed E-state index contributed by atoms with van der Waals surface area (Å²) in [4.78, 5) is 27.1. The van der Waals surface area contributed by atoms with Crippen molar-refractivity contribution in [2.75, 3.05) is 0 Å². The lowest BCUT2D eigenvalue weighted by atomic mass is 10.1. The van der Waals surface area contributed by atoms with E-state index in [2.05, 4.69) is 9.98 Å². The maximum Gasteiger partial charge on any atom is 0.240 e. The van der Waals surface area contributed by atoms with Gasteiger partial charge in [0.05, 0.1) is 11.4 Å². The van der Waals surface area contributed by atoms with Crippen LogP contribution in [-0.2, 0) is 9.59 Å². The summed E-state index contributed by atoms with van der Waals surface area (Å²) in [7, 11) is 0. The second-order valence-electron chi connectivity index (χ2n) is 5.61. The molecule has 0 amide bonds. The van der Waals surface area contributed by atoms with E-state index in [9.17, 15) is 9.59 Å². The average molecular weight is 358 g/mol. The highest BCUT2D eigenvalue weighted by Crippen LogP contribution is 2.24. The molecule has 0 unspecified atom stereocenters. The zero-order valence-electron chi connectivity index (χ0n) is 15.0. The van der Waals surface area contributed by atoms with E-state index in [1.807, 2.05) is 62.4 Å². The van der Waals surface area contributed by atoms with Crippen molar-refractivity contribution in [1.29, 1.82) is 0 Å². The fraction of sp³-hybridized carbons (Fsp3) is 0.0909. The molecule has 3 rings (SSSR count). The Morgan fingerprint density at radius 1 is 0.741 bits per heavy atom. The lowest BCUT2D eigenvalue weighted by Gasteiger charge is -2.04. The monoisotopic (exact) mass is 358 g/mol. The number of nitrogens with zero attached hydrogens (tertiary/aromatic N) is 2. The molecule has 3 aromatic carbocycles. The van der Waals surface area contributed by atoms with Gasteiger partial charge in [-0.15, -0.1) is 0 Å². The molecular weight excluding hydrogens is 340 g/mol. The summed E-state index contributed by atoms with van der Waals surface area (Å²) in [5, 5.41) is 0. The molecule has 0 fully saturated rings. The Kier molecular flexibility index (Phi) is 7.43. The van der Waals surface area contributed by atoms with Crippen molar-refractivity contribution in [3.63, 3.8) is 0 Å². The van der Waals surface area contributed by atoms with Gasteiger partial charge in [-0.1, -0.05) is 42.0 Å². The first-order valence-corrected chi connectivity index (χ1v) is 8.18. The van der Waals surface area contributed by atoms with Gasteiger partial charge in [-0.3, -0.25) is 0 Å². The smallest absolute Gasteiger partial charge is 0.240 e. The summed E-state index contributed by atoms with van der Waals surface area (Å²) in [6, 6.07) is 22.1. The minimum absolute atomic E-state index is 0.531. The lowest BCUT2D eigenvalue weighted by molar-refractivity contribution is 0.483. The summed E-state index contributed by atoms with van der Waals surface area (Å²) in [5.41, 5.74) is 3.41. The van der Waals surface area contributed by atoms with Crippen molar-refractivity contribution in [3.8, 4) is 11.5 Å². The average Bonchev–Trinajstić information content (AvgIpc) is 2.66. The number of benzene rings is 3. The standard InChI is InChI=1S/C13H9NO2.C9H9NO/c15-10-14-11-5-4-8-13(9-11)16-12-6-2-1-3-7-12;1-7-3-4-9(10-6-11)8(2)5-7/h1-9H;3-5H,1-2H3. The molecule has 0 bridgehead atoms. The predicted octanol–water partition coefficient (Wildman–Crippen LogP) is 5.72. The quantitative estimate of drug-likeness (QED) is 0.442. The molecule has 0 aliphatic heterocycles. The van der Waals surface area contributed by atoms with Gasteiger partial charge in [-0.2, -0.15) is 9.98 Å². The predicted molar refractivity (Wildman–Crippen MR) is 104 cm³/mol. The van der Waals surface area contributed by atoms with Crippen LogP contribution >= 0.6 is 0 Å². The fourth-order valence-corrected chi connectivity index (χ4v) is 2.27. The Labute approximate surface area is 157 Å². The van der Waals surface area contributed by atoms with Crippen molar-refractivity contribution in [2.24, 2.45) is 9.98 Å². The molecule has 27 heavy (non-hydrogen) atoms. The fourth-order valence-electron chi connectivity index (χ4n) is 2.27. The molecule has 0 saturated heterocycles. The highest BCUT2D eigenvalue weighted by atomic mass is 16.5. The topological polar surface area (TPSA) is 68.1 Å². The first-order valence-electron chi connectivity index (χ1n) is 8.18. The number of rotatable bonds is 4. The van der Waals surface area contributed by atoms with Gasteiger partial charge in [-0.05, 0) is 49.7 Å². The van der Waals surface area contributed by atoms with E-state index in [1.165, 1.54) is 17.7 Å². The summed E-state index contributed by atoms with van der Waals surface area (Å²) >= 11 is 0. The van der Waals surface area contributed by atoms with Crippen molar-refractivity contribution < 1.29 is 14.3 Å². The van der Waals surface area contributed by atoms with Gasteiger partial charge < -0.3 is 4.74 Å². The van der Waals surface area contributed by atoms with Crippen molar-refractivity contribution in [2.45, 2.75) is 13.8 Å². The van der Waals surface area contributed by atoms with E-state index in [0.717, 1.165) is 11.3 Å². The summed E-state index contributed by atoms with van der Waals surface area (Å²) in [6.07, 6.45) is 3.01. The number of hydrogen-bond acceptors (Lipinski definition) is 5. The highest BCUT2D eigenvalue weighted by molar-refractivity contribution is 5.54. The summed E-state index contributed by atoms with van der Waals surface area (Å²) in [5.74, 6) is 1.39. The van der Waals surface area contributed by atoms with E-state index in [0.29, 0.717) is 17.1 Å². The van der Waals surface area contributed by atoms with Crippen LogP contribution in [0.15, 0.2) is 82.8 Å². The van der Waals surface area contributed by atoms with Crippen LogP contribution in [0.1, 0.15) is 11.1 Å². The third kappa shape index (κ3) is 6.56. The first kappa shape index (κ1) is 19.5. The molecule has 0 aliphatic rings. The molecule has 0 N–H and O–H groups in total. The second kappa shape index (κ2) is 10.3. The van der Waals surface area contributed by atoms with E-state index >= 15 is 0 Å². The van der Waals surface area contributed by atoms with Gasteiger partial charge in [0.15, 0.2) is 0 Å². The number of isocyanates is 2. The summed E-state index contributed by atoms with van der Waals surface area (Å²) in [6.45, 7) is 3.92. The third-order valence-corrected chi connectivity index (χ3v) is 3.49. The Hall–Kier alpha value is -3.78. The number of carbonyl (C=O) groups excluding carboxylic acids is 2. The van der Waals surface area contributed by atoms with Gasteiger partial charge in [0.25, 0.3) is 0 Å². The molecule has 0 aliphatic carbocycles. The maximum atomic E-state index is 10.1. The Bertz CT molecular complexity index is 987. The first-order chi connectivity index (χ1) is 13.1. The highest BCUT2D eigenvalue weighted by Gasteiger charge is 1.97. The number of para-hydroxylation sites is 1. The third-order valence-electron chi connectivity index (χ3n) is 3.49. The van der Waals surface area contributed by atoms with E-state index in [-0.39, 0.29) is 0 Å². The van der Waals surface area contributed by atoms with Gasteiger partial charge in [0.2, 0.25) is 12.2 Å². The molecular formula is C22H18N2O3.